The van der Waals surface area contributed by atoms with Crippen LogP contribution in [0.1, 0.15) is 0 Å². The van der Waals surface area contributed by atoms with Gasteiger partial charge >= 0.3 is 0 Å². The molecule has 6 heteroatoms. The van der Waals surface area contributed by atoms with Gasteiger partial charge in [-0.3, -0.25) is 10.1 Å². The van der Waals surface area contributed by atoms with Gasteiger partial charge in [0.15, 0.2) is 0 Å². The Balaban J connectivity index is 0.00000121. The van der Waals surface area contributed by atoms with E-state index in [4.69, 9.17) is 10.8 Å². The van der Waals surface area contributed by atoms with E-state index in [9.17, 15) is 10.1 Å². The van der Waals surface area contributed by atoms with Crippen LogP contribution in [0.2, 0.25) is 0 Å². The molecule has 1 aromatic rings. The minimum absolute atomic E-state index is 0. The zero-order valence-corrected chi connectivity index (χ0v) is 9.64. The topological polar surface area (TPSA) is 89.4 Å². The maximum atomic E-state index is 10.1. The van der Waals surface area contributed by atoms with Crippen molar-refractivity contribution in [2.45, 2.75) is 0 Å². The molecule has 0 aromatic heterocycles. The first-order valence-electron chi connectivity index (χ1n) is 2.84. The Morgan fingerprint density at radius 1 is 1.50 bits per heavy atom. The molecule has 12 heavy (non-hydrogen) atoms. The molecule has 0 bridgehead atoms. The average molecular weight is 193 g/mol. The van der Waals surface area contributed by atoms with Gasteiger partial charge in [-0.05, 0) is 6.07 Å². The molecule has 0 aliphatic carbocycles. The number of nitro groups is 1. The van der Waals surface area contributed by atoms with Gasteiger partial charge in [0.1, 0.15) is 5.75 Å². The number of phenols is 1. The van der Waals surface area contributed by atoms with E-state index in [0.717, 1.165) is 6.07 Å². The van der Waals surface area contributed by atoms with Crippen LogP contribution in [-0.2, 0) is 0 Å². The summed E-state index contributed by atoms with van der Waals surface area (Å²) >= 11 is 0. The monoisotopic (exact) mass is 193 g/mol. The summed E-state index contributed by atoms with van der Waals surface area (Å²) in [6, 6.07) is 3.53. The molecule has 0 saturated heterocycles. The number of aromatic hydroxyl groups is 1. The molecule has 5 nitrogen and oxygen atoms in total. The number of nitrogen functional groups attached to an aromatic ring is 1. The molecule has 1 radical (unpaired) electrons. The molecular formula is C6H6KN2O3. The predicted molar refractivity (Wildman–Crippen MR) is 44.9 cm³/mol. The Labute approximate surface area is 111 Å². The summed E-state index contributed by atoms with van der Waals surface area (Å²) in [6.07, 6.45) is 0. The standard InChI is InChI=1S/C6H6N2O3.K/c7-5-2-1-4(8(10)11)3-6(5)9;/h1-3,9H,7H2;. The van der Waals surface area contributed by atoms with Crippen molar-refractivity contribution >= 4 is 62.8 Å². The van der Waals surface area contributed by atoms with Crippen molar-refractivity contribution in [3.8, 4) is 5.75 Å². The van der Waals surface area contributed by atoms with Gasteiger partial charge in [0.05, 0.1) is 16.7 Å². The Morgan fingerprint density at radius 2 is 2.08 bits per heavy atom. The van der Waals surface area contributed by atoms with Crippen molar-refractivity contribution in [2.24, 2.45) is 0 Å². The Morgan fingerprint density at radius 3 is 2.50 bits per heavy atom. The maximum absolute atomic E-state index is 10.1. The van der Waals surface area contributed by atoms with E-state index in [2.05, 4.69) is 0 Å². The zero-order chi connectivity index (χ0) is 8.43. The van der Waals surface area contributed by atoms with Crippen LogP contribution in [0.4, 0.5) is 11.4 Å². The molecule has 0 aliphatic rings. The summed E-state index contributed by atoms with van der Waals surface area (Å²) in [4.78, 5) is 9.52. The molecule has 0 unspecified atom stereocenters. The minimum Gasteiger partial charge on any atom is -0.506 e. The van der Waals surface area contributed by atoms with Crippen molar-refractivity contribution in [1.82, 2.24) is 0 Å². The van der Waals surface area contributed by atoms with Gasteiger partial charge < -0.3 is 10.8 Å². The van der Waals surface area contributed by atoms with E-state index >= 15 is 0 Å². The van der Waals surface area contributed by atoms with Crippen molar-refractivity contribution in [3.05, 3.63) is 28.3 Å². The van der Waals surface area contributed by atoms with Crippen LogP contribution < -0.4 is 5.73 Å². The number of rotatable bonds is 1. The van der Waals surface area contributed by atoms with Crippen LogP contribution >= 0.6 is 0 Å². The molecule has 0 heterocycles. The molecule has 3 N–H and O–H groups in total. The average Bonchev–Trinajstić information content (AvgIpc) is 1.94. The third-order valence-corrected chi connectivity index (χ3v) is 1.22. The number of hydrogen-bond acceptors (Lipinski definition) is 4. The van der Waals surface area contributed by atoms with Crippen molar-refractivity contribution < 1.29 is 10.0 Å². The first-order valence-corrected chi connectivity index (χ1v) is 2.84. The molecule has 1 rings (SSSR count). The SMILES string of the molecule is Nc1ccc([N+](=O)[O-])cc1O.[K]. The van der Waals surface area contributed by atoms with Gasteiger partial charge in [-0.2, -0.15) is 0 Å². The Hall–Kier alpha value is -0.144. The second kappa shape index (κ2) is 4.78. The summed E-state index contributed by atoms with van der Waals surface area (Å²) in [7, 11) is 0. The molecule has 59 valence electrons. The smallest absolute Gasteiger partial charge is 0.273 e. The summed E-state index contributed by atoms with van der Waals surface area (Å²) in [5.41, 5.74) is 5.18. The molecule has 1 aromatic carbocycles. The summed E-state index contributed by atoms with van der Waals surface area (Å²) in [6.45, 7) is 0. The number of nitrogens with zero attached hydrogens (tertiary/aromatic N) is 1. The van der Waals surface area contributed by atoms with Crippen molar-refractivity contribution in [2.75, 3.05) is 5.73 Å². The fraction of sp³-hybridized carbons (Fsp3) is 0. The van der Waals surface area contributed by atoms with Crippen LogP contribution in [0.15, 0.2) is 18.2 Å². The fourth-order valence-corrected chi connectivity index (χ4v) is 0.646. The molecular weight excluding hydrogens is 187 g/mol. The van der Waals surface area contributed by atoms with Crippen molar-refractivity contribution in [3.63, 3.8) is 0 Å². The largest absolute Gasteiger partial charge is 0.506 e. The van der Waals surface area contributed by atoms with Gasteiger partial charge in [-0.1, -0.05) is 0 Å². The predicted octanol–water partition coefficient (Wildman–Crippen LogP) is 0.502. The third-order valence-electron chi connectivity index (χ3n) is 1.22. The second-order valence-corrected chi connectivity index (χ2v) is 2.00. The first kappa shape index (κ1) is 11.9. The molecule has 0 amide bonds. The maximum Gasteiger partial charge on any atom is 0.273 e. The number of nitro benzene ring substituents is 1. The van der Waals surface area contributed by atoms with Crippen LogP contribution in [0, 0.1) is 10.1 Å². The Bertz CT molecular complexity index is 303. The van der Waals surface area contributed by atoms with Gasteiger partial charge in [0.25, 0.3) is 5.69 Å². The van der Waals surface area contributed by atoms with Crippen LogP contribution in [0.5, 0.6) is 5.75 Å². The van der Waals surface area contributed by atoms with Gasteiger partial charge in [0.2, 0.25) is 0 Å². The number of benzene rings is 1. The number of hydrogen-bond donors (Lipinski definition) is 2. The van der Waals surface area contributed by atoms with E-state index < -0.39 is 4.92 Å². The van der Waals surface area contributed by atoms with E-state index in [1.807, 2.05) is 0 Å². The van der Waals surface area contributed by atoms with Crippen molar-refractivity contribution in [1.29, 1.82) is 0 Å². The first-order chi connectivity index (χ1) is 5.11. The normalized spacial score (nSPS) is 8.67. The zero-order valence-electron chi connectivity index (χ0n) is 6.52. The molecule has 0 saturated carbocycles. The van der Waals surface area contributed by atoms with E-state index in [1.54, 1.807) is 0 Å². The Kier molecular flexibility index (Phi) is 4.72. The number of nitrogens with two attached hydrogens (primary N) is 1. The number of anilines is 1. The third kappa shape index (κ3) is 2.72. The van der Waals surface area contributed by atoms with E-state index in [1.165, 1.54) is 12.1 Å². The quantitative estimate of drug-likeness (QED) is 0.223. The summed E-state index contributed by atoms with van der Waals surface area (Å²) in [5.74, 6) is -0.265. The number of phenolic OH excluding ortho intramolecular Hbond substituents is 1. The molecule has 0 spiro atoms. The number of non-ortho nitro benzene ring substituents is 1. The molecule has 0 atom stereocenters. The molecule has 0 aliphatic heterocycles. The summed E-state index contributed by atoms with van der Waals surface area (Å²) < 4.78 is 0. The summed E-state index contributed by atoms with van der Waals surface area (Å²) in [5, 5.41) is 19.0. The van der Waals surface area contributed by atoms with Crippen LogP contribution in [-0.4, -0.2) is 61.4 Å². The van der Waals surface area contributed by atoms with Gasteiger partial charge in [0, 0.05) is 57.5 Å². The fourth-order valence-electron chi connectivity index (χ4n) is 0.646. The van der Waals surface area contributed by atoms with E-state index in [-0.39, 0.29) is 68.5 Å². The van der Waals surface area contributed by atoms with E-state index in [0.29, 0.717) is 0 Å². The van der Waals surface area contributed by atoms with Crippen LogP contribution in [0.25, 0.3) is 0 Å². The minimum atomic E-state index is -0.598. The van der Waals surface area contributed by atoms with Gasteiger partial charge in [-0.25, -0.2) is 0 Å². The van der Waals surface area contributed by atoms with Crippen LogP contribution in [0.3, 0.4) is 0 Å². The van der Waals surface area contributed by atoms with Gasteiger partial charge in [-0.15, -0.1) is 0 Å². The molecule has 0 fully saturated rings. The second-order valence-electron chi connectivity index (χ2n) is 2.00.